The molecule has 23 heavy (non-hydrogen) atoms. The number of rotatable bonds is 8. The lowest BCUT2D eigenvalue weighted by molar-refractivity contribution is 0.185. The zero-order valence-corrected chi connectivity index (χ0v) is 15.2. The average molecular weight is 334 g/mol. The van der Waals surface area contributed by atoms with E-state index >= 15 is 0 Å². The highest BCUT2D eigenvalue weighted by Gasteiger charge is 2.25. The van der Waals surface area contributed by atoms with Crippen LogP contribution < -0.4 is 0 Å². The molecule has 1 N–H and O–H groups in total. The van der Waals surface area contributed by atoms with Gasteiger partial charge in [-0.05, 0) is 48.1 Å². The summed E-state index contributed by atoms with van der Waals surface area (Å²) in [6.45, 7) is 5.95. The van der Waals surface area contributed by atoms with Crippen molar-refractivity contribution in [2.45, 2.75) is 58.7 Å². The van der Waals surface area contributed by atoms with Crippen molar-refractivity contribution in [2.24, 2.45) is 0 Å². The minimum atomic E-state index is -3.65. The first-order valence-electron chi connectivity index (χ1n) is 8.46. The van der Waals surface area contributed by atoms with Crippen molar-refractivity contribution in [3.05, 3.63) is 47.5 Å². The van der Waals surface area contributed by atoms with Gasteiger partial charge in [0.1, 0.15) is 0 Å². The minimum Gasteiger partial charge on any atom is -0.324 e. The molecule has 0 fully saturated rings. The summed E-state index contributed by atoms with van der Waals surface area (Å²) >= 11 is 0. The number of aryl methyl sites for hydroxylation is 1. The molecule has 2 unspecified atom stereocenters. The van der Waals surface area contributed by atoms with Gasteiger partial charge >= 0.3 is 7.60 Å². The summed E-state index contributed by atoms with van der Waals surface area (Å²) in [5.74, 6) is 0. The fourth-order valence-corrected chi connectivity index (χ4v) is 4.32. The second kappa shape index (κ2) is 8.10. The quantitative estimate of drug-likeness (QED) is 0.631. The van der Waals surface area contributed by atoms with E-state index in [1.54, 1.807) is 0 Å². The Kier molecular flexibility index (Phi) is 6.41. The molecule has 126 valence electrons. The third-order valence-corrected chi connectivity index (χ3v) is 5.62. The Morgan fingerprint density at radius 2 is 1.91 bits per heavy atom. The fraction of sp³-hybridized carbons (Fsp3) is 0.474. The molecule has 0 aromatic heterocycles. The molecule has 0 aliphatic rings. The van der Waals surface area contributed by atoms with Crippen LogP contribution in [0.1, 0.15) is 51.2 Å². The largest absolute Gasteiger partial charge is 0.332 e. The van der Waals surface area contributed by atoms with Crippen LogP contribution in [0.4, 0.5) is 0 Å². The molecule has 2 aromatic rings. The van der Waals surface area contributed by atoms with E-state index in [1.165, 1.54) is 0 Å². The van der Waals surface area contributed by atoms with Gasteiger partial charge in [0.05, 0.1) is 12.3 Å². The lowest BCUT2D eigenvalue weighted by atomic mass is 9.97. The van der Waals surface area contributed by atoms with Crippen LogP contribution in [0.5, 0.6) is 0 Å². The van der Waals surface area contributed by atoms with Crippen LogP contribution in [0.3, 0.4) is 0 Å². The van der Waals surface area contributed by atoms with E-state index in [-0.39, 0.29) is 12.3 Å². The number of fused-ring (bicyclic) bond motifs is 1. The van der Waals surface area contributed by atoms with Crippen LogP contribution in [0.2, 0.25) is 0 Å². The Bertz CT molecular complexity index is 696. The highest BCUT2D eigenvalue weighted by molar-refractivity contribution is 7.52. The van der Waals surface area contributed by atoms with E-state index in [4.69, 9.17) is 4.52 Å². The maximum atomic E-state index is 12.6. The van der Waals surface area contributed by atoms with Gasteiger partial charge < -0.3 is 9.42 Å². The second-order valence-electron chi connectivity index (χ2n) is 6.15. The number of benzene rings is 2. The van der Waals surface area contributed by atoms with Crippen LogP contribution in [-0.2, 0) is 21.7 Å². The zero-order chi connectivity index (χ0) is 16.9. The van der Waals surface area contributed by atoms with Crippen molar-refractivity contribution < 1.29 is 14.0 Å². The predicted molar refractivity (Wildman–Crippen MR) is 96.9 cm³/mol. The van der Waals surface area contributed by atoms with Gasteiger partial charge in [0.2, 0.25) is 0 Å². The maximum Gasteiger partial charge on any atom is 0.332 e. The lowest BCUT2D eigenvalue weighted by Gasteiger charge is -2.19. The Hall–Kier alpha value is -1.15. The summed E-state index contributed by atoms with van der Waals surface area (Å²) in [6.07, 6.45) is 3.71. The van der Waals surface area contributed by atoms with Crippen molar-refractivity contribution in [3.8, 4) is 0 Å². The molecule has 0 heterocycles. The standard InChI is InChI=1S/C19H27O3P/c1-4-6-9-17-13-12-16-10-7-8-11-18(16)19(17)14-23(20,21)22-15(3)5-2/h7-8,10-13,15H,4-6,9,14H2,1-3H3,(H,20,21). The van der Waals surface area contributed by atoms with E-state index in [1.807, 2.05) is 38.1 Å². The summed E-state index contributed by atoms with van der Waals surface area (Å²) in [5.41, 5.74) is 2.12. The van der Waals surface area contributed by atoms with Crippen molar-refractivity contribution >= 4 is 18.4 Å². The van der Waals surface area contributed by atoms with Crippen LogP contribution in [-0.4, -0.2) is 11.0 Å². The van der Waals surface area contributed by atoms with E-state index in [0.717, 1.165) is 47.6 Å². The Balaban J connectivity index is 2.41. The molecular formula is C19H27O3P. The summed E-state index contributed by atoms with van der Waals surface area (Å²) in [5, 5.41) is 2.16. The Morgan fingerprint density at radius 3 is 2.61 bits per heavy atom. The SMILES string of the molecule is CCCCc1ccc2ccccc2c1CP(=O)(O)OC(C)CC. The number of hydrogen-bond acceptors (Lipinski definition) is 2. The topological polar surface area (TPSA) is 46.5 Å². The average Bonchev–Trinajstić information content (AvgIpc) is 2.53. The first-order chi connectivity index (χ1) is 11.0. The Labute approximate surface area is 139 Å². The van der Waals surface area contributed by atoms with Crippen LogP contribution in [0, 0.1) is 0 Å². The third kappa shape index (κ3) is 4.91. The molecular weight excluding hydrogens is 307 g/mol. The van der Waals surface area contributed by atoms with Crippen LogP contribution in [0.25, 0.3) is 10.8 Å². The summed E-state index contributed by atoms with van der Waals surface area (Å²) < 4.78 is 18.0. The van der Waals surface area contributed by atoms with E-state index < -0.39 is 7.60 Å². The van der Waals surface area contributed by atoms with Crippen LogP contribution in [0.15, 0.2) is 36.4 Å². The molecule has 0 saturated heterocycles. The monoisotopic (exact) mass is 334 g/mol. The van der Waals surface area contributed by atoms with Gasteiger partial charge in [-0.2, -0.15) is 0 Å². The smallest absolute Gasteiger partial charge is 0.324 e. The van der Waals surface area contributed by atoms with Gasteiger partial charge in [0, 0.05) is 0 Å². The van der Waals surface area contributed by atoms with Gasteiger partial charge in [-0.3, -0.25) is 4.57 Å². The molecule has 0 radical (unpaired) electrons. The van der Waals surface area contributed by atoms with E-state index in [2.05, 4.69) is 19.1 Å². The molecule has 0 saturated carbocycles. The molecule has 2 atom stereocenters. The highest BCUT2D eigenvalue weighted by Crippen LogP contribution is 2.49. The van der Waals surface area contributed by atoms with Crippen molar-refractivity contribution in [1.29, 1.82) is 0 Å². The molecule has 0 aliphatic heterocycles. The maximum absolute atomic E-state index is 12.6. The molecule has 0 spiro atoms. The molecule has 4 heteroatoms. The molecule has 0 bridgehead atoms. The molecule has 0 amide bonds. The highest BCUT2D eigenvalue weighted by atomic mass is 31.2. The zero-order valence-electron chi connectivity index (χ0n) is 14.3. The van der Waals surface area contributed by atoms with Crippen molar-refractivity contribution in [2.75, 3.05) is 0 Å². The molecule has 2 rings (SSSR count). The number of unbranched alkanes of at least 4 members (excludes halogenated alkanes) is 1. The first kappa shape index (κ1) is 18.2. The molecule has 2 aromatic carbocycles. The summed E-state index contributed by atoms with van der Waals surface area (Å²) in [7, 11) is -3.65. The van der Waals surface area contributed by atoms with E-state index in [9.17, 15) is 9.46 Å². The molecule has 3 nitrogen and oxygen atoms in total. The van der Waals surface area contributed by atoms with Gasteiger partial charge in [0.25, 0.3) is 0 Å². The summed E-state index contributed by atoms with van der Waals surface area (Å²) in [4.78, 5) is 10.3. The Morgan fingerprint density at radius 1 is 1.17 bits per heavy atom. The van der Waals surface area contributed by atoms with Crippen molar-refractivity contribution in [1.82, 2.24) is 0 Å². The number of hydrogen-bond donors (Lipinski definition) is 1. The van der Waals surface area contributed by atoms with Crippen LogP contribution >= 0.6 is 7.60 Å². The van der Waals surface area contributed by atoms with Gasteiger partial charge in [0.15, 0.2) is 0 Å². The first-order valence-corrected chi connectivity index (χ1v) is 10.2. The van der Waals surface area contributed by atoms with Gasteiger partial charge in [-0.1, -0.05) is 56.7 Å². The van der Waals surface area contributed by atoms with Crippen molar-refractivity contribution in [3.63, 3.8) is 0 Å². The van der Waals surface area contributed by atoms with Gasteiger partial charge in [-0.25, -0.2) is 0 Å². The minimum absolute atomic E-state index is 0.0811. The van der Waals surface area contributed by atoms with Gasteiger partial charge in [-0.15, -0.1) is 0 Å². The third-order valence-electron chi connectivity index (χ3n) is 4.21. The fourth-order valence-electron chi connectivity index (χ4n) is 2.76. The lowest BCUT2D eigenvalue weighted by Crippen LogP contribution is -2.07. The normalized spacial score (nSPS) is 15.5. The van der Waals surface area contributed by atoms with E-state index in [0.29, 0.717) is 0 Å². The predicted octanol–water partition coefficient (Wildman–Crippen LogP) is 5.68. The summed E-state index contributed by atoms with van der Waals surface area (Å²) in [6, 6.07) is 12.2. The second-order valence-corrected chi connectivity index (χ2v) is 7.95. The molecule has 0 aliphatic carbocycles.